The molecular weight excluding hydrogens is 168 g/mol. The summed E-state index contributed by atoms with van der Waals surface area (Å²) in [5.74, 6) is -0.993. The first-order chi connectivity index (χ1) is 5.61. The highest BCUT2D eigenvalue weighted by atomic mass is 28.1. The van der Waals surface area contributed by atoms with E-state index in [0.29, 0.717) is 5.56 Å². The monoisotopic (exact) mass is 175 g/mol. The molecule has 1 aromatic carbocycles. The van der Waals surface area contributed by atoms with E-state index in [4.69, 9.17) is 5.11 Å². The van der Waals surface area contributed by atoms with Gasteiger partial charge in [-0.2, -0.15) is 0 Å². The standard InChI is InChI=1S/C9H7O2Si/c1-6(9(10)11)7-3-2-4-8(12)5-7/h2-5H,1H2,(H,10,11). The number of aliphatic carboxylic acids is 1. The Balaban J connectivity index is 3.04. The fourth-order valence-electron chi connectivity index (χ4n) is 0.830. The number of carboxylic acid groups (broad SMARTS) is 1. The smallest absolute Gasteiger partial charge is 0.335 e. The second kappa shape index (κ2) is 3.36. The van der Waals surface area contributed by atoms with Crippen molar-refractivity contribution in [1.29, 1.82) is 0 Å². The normalized spacial score (nSPS) is 9.42. The highest BCUT2D eigenvalue weighted by Gasteiger charge is 2.05. The molecule has 0 amide bonds. The van der Waals surface area contributed by atoms with Crippen LogP contribution in [0, 0.1) is 0 Å². The fourth-order valence-corrected chi connectivity index (χ4v) is 1.08. The van der Waals surface area contributed by atoms with Crippen molar-refractivity contribution in [1.82, 2.24) is 0 Å². The van der Waals surface area contributed by atoms with Crippen molar-refractivity contribution in [2.45, 2.75) is 0 Å². The summed E-state index contributed by atoms with van der Waals surface area (Å²) in [7, 11) is 3.29. The van der Waals surface area contributed by atoms with Gasteiger partial charge in [0.15, 0.2) is 0 Å². The number of rotatable bonds is 2. The highest BCUT2D eigenvalue weighted by molar-refractivity contribution is 6.32. The Bertz CT molecular complexity index is 331. The van der Waals surface area contributed by atoms with Gasteiger partial charge in [-0.1, -0.05) is 36.0 Å². The van der Waals surface area contributed by atoms with Gasteiger partial charge in [0.2, 0.25) is 0 Å². The van der Waals surface area contributed by atoms with Gasteiger partial charge in [-0.3, -0.25) is 0 Å². The quantitative estimate of drug-likeness (QED) is 0.527. The molecule has 0 saturated heterocycles. The van der Waals surface area contributed by atoms with Crippen molar-refractivity contribution in [3.63, 3.8) is 0 Å². The number of hydrogen-bond donors (Lipinski definition) is 1. The summed E-state index contributed by atoms with van der Waals surface area (Å²) in [6, 6.07) is 7.02. The first-order valence-electron chi connectivity index (χ1n) is 3.35. The van der Waals surface area contributed by atoms with E-state index < -0.39 is 5.97 Å². The van der Waals surface area contributed by atoms with Gasteiger partial charge in [0.1, 0.15) is 0 Å². The van der Waals surface area contributed by atoms with E-state index in [1.807, 2.05) is 6.07 Å². The van der Waals surface area contributed by atoms with E-state index in [2.05, 4.69) is 16.8 Å². The minimum Gasteiger partial charge on any atom is -0.478 e. The van der Waals surface area contributed by atoms with Crippen molar-refractivity contribution < 1.29 is 9.90 Å². The average molecular weight is 175 g/mol. The van der Waals surface area contributed by atoms with Crippen molar-refractivity contribution >= 4 is 27.0 Å². The van der Waals surface area contributed by atoms with Gasteiger partial charge < -0.3 is 5.11 Å². The summed E-state index contributed by atoms with van der Waals surface area (Å²) in [6.07, 6.45) is 0. The van der Waals surface area contributed by atoms with Crippen LogP contribution in [0.3, 0.4) is 0 Å². The number of carboxylic acids is 1. The molecule has 0 heterocycles. The van der Waals surface area contributed by atoms with Crippen molar-refractivity contribution in [3.8, 4) is 0 Å². The van der Waals surface area contributed by atoms with Crippen LogP contribution in [0.1, 0.15) is 5.56 Å². The van der Waals surface area contributed by atoms with Gasteiger partial charge in [0, 0.05) is 0 Å². The van der Waals surface area contributed by atoms with Crippen LogP contribution in [-0.4, -0.2) is 21.3 Å². The molecule has 0 unspecified atom stereocenters. The Morgan fingerprint density at radius 1 is 1.50 bits per heavy atom. The van der Waals surface area contributed by atoms with E-state index in [1.165, 1.54) is 0 Å². The minimum atomic E-state index is -0.993. The molecule has 0 atom stereocenters. The van der Waals surface area contributed by atoms with Gasteiger partial charge in [0.05, 0.1) is 15.8 Å². The molecule has 0 spiro atoms. The summed E-state index contributed by atoms with van der Waals surface area (Å²) in [5, 5.41) is 9.45. The lowest BCUT2D eigenvalue weighted by Gasteiger charge is -2.00. The molecule has 0 saturated carbocycles. The molecule has 0 aliphatic carbocycles. The number of benzene rings is 1. The van der Waals surface area contributed by atoms with Crippen molar-refractivity contribution in [3.05, 3.63) is 36.4 Å². The van der Waals surface area contributed by atoms with Gasteiger partial charge in [-0.05, 0) is 5.56 Å². The average Bonchev–Trinajstić information content (AvgIpc) is 2.03. The second-order valence-corrected chi connectivity index (χ2v) is 2.94. The predicted octanol–water partition coefficient (Wildman–Crippen LogP) is 0.578. The minimum absolute atomic E-state index is 0.107. The highest BCUT2D eigenvalue weighted by Crippen LogP contribution is 2.09. The summed E-state index contributed by atoms with van der Waals surface area (Å²) >= 11 is 0. The van der Waals surface area contributed by atoms with Crippen LogP contribution >= 0.6 is 0 Å². The van der Waals surface area contributed by atoms with Crippen molar-refractivity contribution in [2.75, 3.05) is 0 Å². The predicted molar refractivity (Wildman–Crippen MR) is 48.5 cm³/mol. The van der Waals surface area contributed by atoms with Gasteiger partial charge in [-0.25, -0.2) is 4.79 Å². The third-order valence-corrected chi connectivity index (χ3v) is 1.78. The Kier molecular flexibility index (Phi) is 2.45. The second-order valence-electron chi connectivity index (χ2n) is 2.36. The van der Waals surface area contributed by atoms with Crippen LogP contribution in [0.4, 0.5) is 0 Å². The zero-order valence-electron chi connectivity index (χ0n) is 6.37. The molecule has 3 heteroatoms. The Hall–Kier alpha value is -1.35. The molecule has 59 valence electrons. The number of hydrogen-bond acceptors (Lipinski definition) is 1. The zero-order valence-corrected chi connectivity index (χ0v) is 7.37. The molecule has 12 heavy (non-hydrogen) atoms. The van der Waals surface area contributed by atoms with E-state index in [1.54, 1.807) is 18.2 Å². The van der Waals surface area contributed by atoms with Crippen LogP contribution in [0.2, 0.25) is 0 Å². The molecule has 0 fully saturated rings. The maximum Gasteiger partial charge on any atom is 0.335 e. The first-order valence-corrected chi connectivity index (χ1v) is 3.85. The summed E-state index contributed by atoms with van der Waals surface area (Å²) < 4.78 is 0. The largest absolute Gasteiger partial charge is 0.478 e. The van der Waals surface area contributed by atoms with Gasteiger partial charge in [0.25, 0.3) is 0 Å². The first kappa shape index (κ1) is 8.74. The third-order valence-electron chi connectivity index (χ3n) is 1.47. The van der Waals surface area contributed by atoms with Crippen LogP contribution < -0.4 is 5.19 Å². The molecule has 0 bridgehead atoms. The SMILES string of the molecule is C=C(C(=O)O)c1cccc([Si])c1. The lowest BCUT2D eigenvalue weighted by atomic mass is 10.1. The van der Waals surface area contributed by atoms with Crippen LogP contribution in [0.25, 0.3) is 5.57 Å². The maximum atomic E-state index is 10.5. The Labute approximate surface area is 74.0 Å². The maximum absolute atomic E-state index is 10.5. The summed E-state index contributed by atoms with van der Waals surface area (Å²) in [6.45, 7) is 3.44. The van der Waals surface area contributed by atoms with Gasteiger partial charge >= 0.3 is 5.97 Å². The van der Waals surface area contributed by atoms with E-state index in [9.17, 15) is 4.79 Å². The topological polar surface area (TPSA) is 37.3 Å². The molecule has 0 aromatic heterocycles. The van der Waals surface area contributed by atoms with E-state index >= 15 is 0 Å². The molecule has 0 aliphatic rings. The van der Waals surface area contributed by atoms with Gasteiger partial charge in [-0.15, -0.1) is 0 Å². The molecule has 1 aromatic rings. The van der Waals surface area contributed by atoms with Crippen LogP contribution in [0.5, 0.6) is 0 Å². The lowest BCUT2D eigenvalue weighted by molar-refractivity contribution is -0.130. The molecular formula is C9H7O2Si. The Morgan fingerprint density at radius 2 is 2.17 bits per heavy atom. The zero-order chi connectivity index (χ0) is 9.14. The molecule has 2 nitrogen and oxygen atoms in total. The van der Waals surface area contributed by atoms with Crippen LogP contribution in [0.15, 0.2) is 30.8 Å². The summed E-state index contributed by atoms with van der Waals surface area (Å²) in [4.78, 5) is 10.5. The van der Waals surface area contributed by atoms with E-state index in [0.717, 1.165) is 5.19 Å². The fraction of sp³-hybridized carbons (Fsp3) is 0. The molecule has 0 aliphatic heterocycles. The number of carbonyl (C=O) groups is 1. The summed E-state index contributed by atoms with van der Waals surface area (Å²) in [5.41, 5.74) is 0.727. The lowest BCUT2D eigenvalue weighted by Crippen LogP contribution is -2.05. The third kappa shape index (κ3) is 1.82. The van der Waals surface area contributed by atoms with E-state index in [-0.39, 0.29) is 5.57 Å². The Morgan fingerprint density at radius 3 is 2.67 bits per heavy atom. The molecule has 1 N–H and O–H groups in total. The molecule has 1 rings (SSSR count). The van der Waals surface area contributed by atoms with Crippen LogP contribution in [-0.2, 0) is 4.79 Å². The molecule has 3 radical (unpaired) electrons. The van der Waals surface area contributed by atoms with Crippen molar-refractivity contribution in [2.24, 2.45) is 0 Å².